The third-order valence-electron chi connectivity index (χ3n) is 4.60. The van der Waals surface area contributed by atoms with Gasteiger partial charge in [0.1, 0.15) is 5.82 Å². The van der Waals surface area contributed by atoms with Gasteiger partial charge >= 0.3 is 0 Å². The van der Waals surface area contributed by atoms with Crippen LogP contribution in [0.1, 0.15) is 44.0 Å². The average Bonchev–Trinajstić information content (AvgIpc) is 3.34. The molecule has 2 aromatic rings. The smallest absolute Gasteiger partial charge is 0.224 e. The summed E-state index contributed by atoms with van der Waals surface area (Å²) in [6.45, 7) is 4.58. The molecule has 1 aromatic heterocycles. The van der Waals surface area contributed by atoms with Crippen LogP contribution in [-0.4, -0.2) is 35.7 Å². The van der Waals surface area contributed by atoms with Crippen LogP contribution in [0, 0.1) is 0 Å². The molecule has 1 N–H and O–H groups in total. The Hall–Kier alpha value is -2.15. The van der Waals surface area contributed by atoms with Gasteiger partial charge in [-0.3, -0.25) is 4.79 Å². The standard InChI is InChI=1S/C19H25N3O3S/c1-14(2)26(24,25)17-7-3-15(4-8-17)13-18(23)20-9-11-22-12-10-21-19(22)16-5-6-16/h3-4,7-8,10,12,14,16H,5-6,9,11,13H2,1-2H3,(H,20,23). The largest absolute Gasteiger partial charge is 0.354 e. The highest BCUT2D eigenvalue weighted by Crippen LogP contribution is 2.38. The first-order valence-corrected chi connectivity index (χ1v) is 10.5. The van der Waals surface area contributed by atoms with Crippen LogP contribution < -0.4 is 5.32 Å². The van der Waals surface area contributed by atoms with Crippen LogP contribution in [0.2, 0.25) is 0 Å². The van der Waals surface area contributed by atoms with E-state index in [0.29, 0.717) is 23.9 Å². The Balaban J connectivity index is 1.49. The molecular formula is C19H25N3O3S. The van der Waals surface area contributed by atoms with E-state index >= 15 is 0 Å². The summed E-state index contributed by atoms with van der Waals surface area (Å²) < 4.78 is 26.3. The highest BCUT2D eigenvalue weighted by molar-refractivity contribution is 7.92. The fourth-order valence-corrected chi connectivity index (χ4v) is 3.90. The lowest BCUT2D eigenvalue weighted by Gasteiger charge is -2.10. The predicted octanol–water partition coefficient (Wildman–Crippen LogP) is 2.30. The number of benzene rings is 1. The van der Waals surface area contributed by atoms with Crippen molar-refractivity contribution in [3.63, 3.8) is 0 Å². The SMILES string of the molecule is CC(C)S(=O)(=O)c1ccc(CC(=O)NCCn2ccnc2C2CC2)cc1. The Labute approximate surface area is 154 Å². The number of nitrogens with zero attached hydrogens (tertiary/aromatic N) is 2. The van der Waals surface area contributed by atoms with Crippen LogP contribution in [-0.2, 0) is 27.6 Å². The molecule has 0 spiro atoms. The van der Waals surface area contributed by atoms with Gasteiger partial charge in [-0.2, -0.15) is 0 Å². The van der Waals surface area contributed by atoms with Gasteiger partial charge in [-0.05, 0) is 44.4 Å². The lowest BCUT2D eigenvalue weighted by molar-refractivity contribution is -0.120. The molecule has 1 aliphatic rings. The van der Waals surface area contributed by atoms with Gasteiger partial charge in [-0.15, -0.1) is 0 Å². The number of hydrogen-bond donors (Lipinski definition) is 1. The monoisotopic (exact) mass is 375 g/mol. The van der Waals surface area contributed by atoms with E-state index in [1.807, 2.05) is 12.4 Å². The highest BCUT2D eigenvalue weighted by Gasteiger charge is 2.27. The number of imidazole rings is 1. The van der Waals surface area contributed by atoms with E-state index in [1.54, 1.807) is 38.1 Å². The Morgan fingerprint density at radius 3 is 2.58 bits per heavy atom. The normalized spacial score (nSPS) is 14.6. The number of amides is 1. The van der Waals surface area contributed by atoms with Gasteiger partial charge in [0.05, 0.1) is 16.6 Å². The van der Waals surface area contributed by atoms with Crippen molar-refractivity contribution in [2.45, 2.75) is 55.7 Å². The van der Waals surface area contributed by atoms with Crippen molar-refractivity contribution in [2.75, 3.05) is 6.54 Å². The number of hydrogen-bond acceptors (Lipinski definition) is 4. The molecule has 0 saturated heterocycles. The van der Waals surface area contributed by atoms with E-state index in [-0.39, 0.29) is 12.3 Å². The summed E-state index contributed by atoms with van der Waals surface area (Å²) >= 11 is 0. The summed E-state index contributed by atoms with van der Waals surface area (Å²) in [5.74, 6) is 1.63. The molecule has 0 radical (unpaired) electrons. The van der Waals surface area contributed by atoms with Gasteiger partial charge in [0.25, 0.3) is 0 Å². The molecule has 1 aliphatic carbocycles. The molecule has 7 heteroatoms. The van der Waals surface area contributed by atoms with Crippen LogP contribution >= 0.6 is 0 Å². The molecule has 1 amide bonds. The minimum absolute atomic E-state index is 0.0717. The first-order valence-electron chi connectivity index (χ1n) is 8.98. The molecule has 1 fully saturated rings. The zero-order valence-corrected chi connectivity index (χ0v) is 16.0. The fourth-order valence-electron chi connectivity index (χ4n) is 2.84. The maximum Gasteiger partial charge on any atom is 0.224 e. The van der Waals surface area contributed by atoms with Crippen molar-refractivity contribution in [1.82, 2.24) is 14.9 Å². The fraction of sp³-hybridized carbons (Fsp3) is 0.474. The maximum absolute atomic E-state index is 12.1. The van der Waals surface area contributed by atoms with E-state index < -0.39 is 15.1 Å². The molecule has 0 atom stereocenters. The number of sulfone groups is 1. The highest BCUT2D eigenvalue weighted by atomic mass is 32.2. The molecule has 6 nitrogen and oxygen atoms in total. The second-order valence-electron chi connectivity index (χ2n) is 7.02. The van der Waals surface area contributed by atoms with E-state index in [9.17, 15) is 13.2 Å². The molecule has 1 saturated carbocycles. The lowest BCUT2D eigenvalue weighted by atomic mass is 10.1. The minimum Gasteiger partial charge on any atom is -0.354 e. The summed E-state index contributed by atoms with van der Waals surface area (Å²) in [5, 5.41) is 2.46. The van der Waals surface area contributed by atoms with Gasteiger partial charge in [0, 0.05) is 31.4 Å². The molecule has 140 valence electrons. The van der Waals surface area contributed by atoms with Crippen LogP contribution in [0.3, 0.4) is 0 Å². The van der Waals surface area contributed by atoms with Crippen molar-refractivity contribution < 1.29 is 13.2 Å². The van der Waals surface area contributed by atoms with Crippen LogP contribution in [0.15, 0.2) is 41.6 Å². The zero-order chi connectivity index (χ0) is 18.7. The van der Waals surface area contributed by atoms with E-state index in [2.05, 4.69) is 14.9 Å². The quantitative estimate of drug-likeness (QED) is 0.768. The minimum atomic E-state index is -3.28. The van der Waals surface area contributed by atoms with Crippen molar-refractivity contribution in [2.24, 2.45) is 0 Å². The Kier molecular flexibility index (Phi) is 5.46. The molecular weight excluding hydrogens is 350 g/mol. The summed E-state index contributed by atoms with van der Waals surface area (Å²) in [4.78, 5) is 16.8. The third kappa shape index (κ3) is 4.33. The molecule has 0 unspecified atom stereocenters. The summed E-state index contributed by atoms with van der Waals surface area (Å²) in [5.41, 5.74) is 0.798. The zero-order valence-electron chi connectivity index (χ0n) is 15.2. The second kappa shape index (κ2) is 7.61. The molecule has 26 heavy (non-hydrogen) atoms. The van der Waals surface area contributed by atoms with Crippen LogP contribution in [0.5, 0.6) is 0 Å². The van der Waals surface area contributed by atoms with Crippen molar-refractivity contribution in [3.05, 3.63) is 48.0 Å². The summed E-state index contributed by atoms with van der Waals surface area (Å²) in [6, 6.07) is 6.56. The Morgan fingerprint density at radius 1 is 1.27 bits per heavy atom. The molecule has 1 heterocycles. The van der Waals surface area contributed by atoms with E-state index in [4.69, 9.17) is 0 Å². The van der Waals surface area contributed by atoms with Gasteiger partial charge in [-0.25, -0.2) is 13.4 Å². The molecule has 3 rings (SSSR count). The number of carbonyl (C=O) groups is 1. The van der Waals surface area contributed by atoms with Crippen molar-refractivity contribution in [1.29, 1.82) is 0 Å². The van der Waals surface area contributed by atoms with Crippen LogP contribution in [0.4, 0.5) is 0 Å². The average molecular weight is 375 g/mol. The first-order chi connectivity index (χ1) is 12.4. The second-order valence-corrected chi connectivity index (χ2v) is 9.52. The van der Waals surface area contributed by atoms with Gasteiger partial charge < -0.3 is 9.88 Å². The molecule has 1 aromatic carbocycles. The van der Waals surface area contributed by atoms with Gasteiger partial charge in [-0.1, -0.05) is 12.1 Å². The molecule has 0 bridgehead atoms. The summed E-state index contributed by atoms with van der Waals surface area (Å²) in [6.07, 6.45) is 6.40. The lowest BCUT2D eigenvalue weighted by Crippen LogP contribution is -2.28. The topological polar surface area (TPSA) is 81.1 Å². The molecule has 0 aliphatic heterocycles. The van der Waals surface area contributed by atoms with Crippen molar-refractivity contribution in [3.8, 4) is 0 Å². The Morgan fingerprint density at radius 2 is 1.96 bits per heavy atom. The van der Waals surface area contributed by atoms with Crippen LogP contribution in [0.25, 0.3) is 0 Å². The predicted molar refractivity (Wildman–Crippen MR) is 99.7 cm³/mol. The number of carbonyl (C=O) groups excluding carboxylic acids is 1. The van der Waals surface area contributed by atoms with Crippen molar-refractivity contribution >= 4 is 15.7 Å². The number of aromatic nitrogens is 2. The Bertz CT molecular complexity index is 866. The van der Waals surface area contributed by atoms with Gasteiger partial charge in [0.15, 0.2) is 9.84 Å². The van der Waals surface area contributed by atoms with E-state index in [0.717, 1.165) is 11.4 Å². The van der Waals surface area contributed by atoms with Gasteiger partial charge in [0.2, 0.25) is 5.91 Å². The van der Waals surface area contributed by atoms with E-state index in [1.165, 1.54) is 12.8 Å². The summed E-state index contributed by atoms with van der Waals surface area (Å²) in [7, 11) is -3.28. The maximum atomic E-state index is 12.1. The third-order valence-corrected chi connectivity index (χ3v) is 6.77. The number of rotatable bonds is 8. The first kappa shape index (κ1) is 18.6. The number of nitrogens with one attached hydrogen (secondary N) is 1.